The molecular formula is C41H46F3N9O6. The van der Waals surface area contributed by atoms with E-state index in [0.717, 1.165) is 82.5 Å². The molecule has 4 aliphatic rings. The van der Waals surface area contributed by atoms with E-state index in [1.165, 1.54) is 25.2 Å². The molecule has 6 heterocycles. The molecular weight excluding hydrogens is 772 g/mol. The van der Waals surface area contributed by atoms with Crippen LogP contribution in [0.5, 0.6) is 11.5 Å². The Bertz CT molecular complexity index is 2260. The Kier molecular flexibility index (Phi) is 10.9. The third-order valence-electron chi connectivity index (χ3n) is 12.0. The molecule has 4 fully saturated rings. The Hall–Kier alpha value is -5.75. The first kappa shape index (κ1) is 40.0. The lowest BCUT2D eigenvalue weighted by Crippen LogP contribution is -2.61. The average molecular weight is 818 g/mol. The molecule has 2 N–H and O–H groups in total. The second-order valence-corrected chi connectivity index (χ2v) is 15.8. The van der Waals surface area contributed by atoms with E-state index in [4.69, 9.17) is 14.6 Å². The highest BCUT2D eigenvalue weighted by molar-refractivity contribution is 6.07. The zero-order valence-electron chi connectivity index (χ0n) is 32.9. The Morgan fingerprint density at radius 2 is 1.64 bits per heavy atom. The van der Waals surface area contributed by atoms with Crippen LogP contribution in [0, 0.1) is 5.41 Å². The number of rotatable bonds is 10. The monoisotopic (exact) mass is 817 g/mol. The van der Waals surface area contributed by atoms with Crippen molar-refractivity contribution in [2.24, 2.45) is 5.41 Å². The van der Waals surface area contributed by atoms with Gasteiger partial charge in [0.15, 0.2) is 0 Å². The van der Waals surface area contributed by atoms with Gasteiger partial charge in [-0.2, -0.15) is 18.3 Å². The van der Waals surface area contributed by atoms with Gasteiger partial charge in [0.05, 0.1) is 37.2 Å². The van der Waals surface area contributed by atoms with Gasteiger partial charge in [-0.1, -0.05) is 6.07 Å². The summed E-state index contributed by atoms with van der Waals surface area (Å²) in [5.41, 5.74) is 0.644. The molecule has 15 nitrogen and oxygen atoms in total. The lowest BCUT2D eigenvalue weighted by atomic mass is 9.72. The number of aromatic nitrogens is 3. The molecule has 4 aliphatic heterocycles. The number of pyridine rings is 1. The molecule has 0 unspecified atom stereocenters. The summed E-state index contributed by atoms with van der Waals surface area (Å²) in [5, 5.41) is 10.5. The van der Waals surface area contributed by atoms with Gasteiger partial charge in [0.25, 0.3) is 11.8 Å². The topological polar surface area (TPSA) is 154 Å². The summed E-state index contributed by atoms with van der Waals surface area (Å²) in [7, 11) is 2.96. The minimum absolute atomic E-state index is 0.0803. The number of methoxy groups -OCH3 is 2. The lowest BCUT2D eigenvalue weighted by molar-refractivity contribution is -0.141. The van der Waals surface area contributed by atoms with Crippen LogP contribution in [0.2, 0.25) is 0 Å². The SMILES string of the molecule is COc1cc2nn(C3CCN(CCN4CC5(CCN(C(=O)c6ccc(OC)c(N7CCC(=O)NC7=O)c6)CC5)C4)CC3)cc2cc1NC(=O)c1cccc(C(F)(F)F)n1. The highest BCUT2D eigenvalue weighted by Crippen LogP contribution is 2.41. The second-order valence-electron chi connectivity index (χ2n) is 15.8. The minimum Gasteiger partial charge on any atom is -0.495 e. The summed E-state index contributed by atoms with van der Waals surface area (Å²) >= 11 is 0. The predicted octanol–water partition coefficient (Wildman–Crippen LogP) is 5.04. The summed E-state index contributed by atoms with van der Waals surface area (Å²) in [6.45, 7) is 7.40. The number of hydrogen-bond acceptors (Lipinski definition) is 10. The number of likely N-dealkylation sites (tertiary alicyclic amines) is 3. The maximum absolute atomic E-state index is 13.6. The van der Waals surface area contributed by atoms with Crippen molar-refractivity contribution in [3.8, 4) is 11.5 Å². The number of hydrogen-bond donors (Lipinski definition) is 2. The fourth-order valence-electron chi connectivity index (χ4n) is 8.69. The number of fused-ring (bicyclic) bond motifs is 1. The zero-order valence-corrected chi connectivity index (χ0v) is 32.9. The van der Waals surface area contributed by atoms with Crippen molar-refractivity contribution in [2.45, 2.75) is 44.3 Å². The van der Waals surface area contributed by atoms with Crippen molar-refractivity contribution in [1.29, 1.82) is 0 Å². The van der Waals surface area contributed by atoms with E-state index in [2.05, 4.69) is 25.4 Å². The summed E-state index contributed by atoms with van der Waals surface area (Å²) in [6.07, 6.45) is 1.15. The van der Waals surface area contributed by atoms with E-state index in [0.29, 0.717) is 47.0 Å². The molecule has 0 radical (unpaired) electrons. The van der Waals surface area contributed by atoms with Gasteiger partial charge >= 0.3 is 12.2 Å². The predicted molar refractivity (Wildman–Crippen MR) is 211 cm³/mol. The molecule has 59 heavy (non-hydrogen) atoms. The number of piperidine rings is 2. The summed E-state index contributed by atoms with van der Waals surface area (Å²) in [6, 6.07) is 11.4. The number of carbonyl (C=O) groups is 4. The first-order valence-electron chi connectivity index (χ1n) is 19.8. The number of alkyl halides is 3. The Labute approximate surface area is 338 Å². The third-order valence-corrected chi connectivity index (χ3v) is 12.0. The normalized spacial score (nSPS) is 19.1. The van der Waals surface area contributed by atoms with Crippen molar-refractivity contribution in [3.05, 3.63) is 71.7 Å². The Balaban J connectivity index is 0.793. The fraction of sp³-hybridized carbons (Fsp3) is 0.463. The lowest BCUT2D eigenvalue weighted by Gasteiger charge is -2.54. The number of amides is 5. The quantitative estimate of drug-likeness (QED) is 0.223. The van der Waals surface area contributed by atoms with E-state index in [9.17, 15) is 32.3 Å². The molecule has 4 saturated heterocycles. The van der Waals surface area contributed by atoms with Crippen molar-refractivity contribution in [1.82, 2.24) is 34.8 Å². The highest BCUT2D eigenvalue weighted by atomic mass is 19.4. The van der Waals surface area contributed by atoms with E-state index in [-0.39, 0.29) is 41.9 Å². The molecule has 4 aromatic rings. The molecule has 2 aromatic carbocycles. The van der Waals surface area contributed by atoms with Crippen LogP contribution < -0.4 is 25.0 Å². The molecule has 0 aliphatic carbocycles. The molecule has 312 valence electrons. The van der Waals surface area contributed by atoms with Gasteiger partial charge in [-0.05, 0) is 67.5 Å². The molecule has 0 bridgehead atoms. The van der Waals surface area contributed by atoms with Crippen LogP contribution in [0.25, 0.3) is 10.9 Å². The number of carbonyl (C=O) groups excluding carboxylic acids is 4. The number of nitrogens with zero attached hydrogens (tertiary/aromatic N) is 7. The van der Waals surface area contributed by atoms with Crippen LogP contribution in [0.1, 0.15) is 64.7 Å². The van der Waals surface area contributed by atoms with Crippen LogP contribution in [-0.4, -0.2) is 126 Å². The Morgan fingerprint density at radius 3 is 2.34 bits per heavy atom. The van der Waals surface area contributed by atoms with Gasteiger partial charge < -0.3 is 29.5 Å². The third kappa shape index (κ3) is 8.41. The summed E-state index contributed by atoms with van der Waals surface area (Å²) < 4.78 is 52.4. The molecule has 2 aromatic heterocycles. The van der Waals surface area contributed by atoms with Crippen LogP contribution >= 0.6 is 0 Å². The summed E-state index contributed by atoms with van der Waals surface area (Å²) in [4.78, 5) is 62.5. The maximum atomic E-state index is 13.6. The molecule has 1 spiro atoms. The number of nitrogens with one attached hydrogen (secondary N) is 2. The van der Waals surface area contributed by atoms with Gasteiger partial charge in [0, 0.05) is 88.5 Å². The number of halogens is 3. The molecule has 8 rings (SSSR count). The Morgan fingerprint density at radius 1 is 0.915 bits per heavy atom. The van der Waals surface area contributed by atoms with Crippen molar-refractivity contribution in [3.63, 3.8) is 0 Å². The van der Waals surface area contributed by atoms with Crippen LogP contribution in [0.15, 0.2) is 54.7 Å². The van der Waals surface area contributed by atoms with Gasteiger partial charge in [-0.3, -0.25) is 29.3 Å². The highest BCUT2D eigenvalue weighted by Gasteiger charge is 2.45. The van der Waals surface area contributed by atoms with Gasteiger partial charge in [-0.15, -0.1) is 0 Å². The van der Waals surface area contributed by atoms with Crippen LogP contribution in [0.4, 0.5) is 29.3 Å². The van der Waals surface area contributed by atoms with E-state index in [1.54, 1.807) is 30.3 Å². The maximum Gasteiger partial charge on any atom is 0.433 e. The van der Waals surface area contributed by atoms with E-state index < -0.39 is 23.8 Å². The largest absolute Gasteiger partial charge is 0.495 e. The van der Waals surface area contributed by atoms with Crippen LogP contribution in [0.3, 0.4) is 0 Å². The van der Waals surface area contributed by atoms with Gasteiger partial charge in [0.1, 0.15) is 22.9 Å². The summed E-state index contributed by atoms with van der Waals surface area (Å²) in [5.74, 6) is -0.404. The number of benzene rings is 2. The number of ether oxygens (including phenoxy) is 2. The standard InChI is InChI=1S/C41H46F3N9O6/c1-58-33-7-6-26(21-32(33)52-15-10-36(54)47-39(52)57)38(56)51-16-11-40(12-17-51)24-50(25-40)19-18-49-13-8-28(9-14-49)53-23-27-20-31(34(59-2)22-30(27)48-53)46-37(55)29-4-3-5-35(45-29)41(42,43)44/h3-7,20-23,28H,8-19,24-25H2,1-2H3,(H,46,55)(H,47,54,57). The van der Waals surface area contributed by atoms with Crippen LogP contribution in [-0.2, 0) is 11.0 Å². The first-order chi connectivity index (χ1) is 28.3. The average Bonchev–Trinajstić information content (AvgIpc) is 3.64. The van der Waals surface area contributed by atoms with Crippen molar-refractivity contribution < 1.29 is 41.8 Å². The van der Waals surface area contributed by atoms with Gasteiger partial charge in [-0.25, -0.2) is 9.78 Å². The fourth-order valence-corrected chi connectivity index (χ4v) is 8.69. The second kappa shape index (κ2) is 16.1. The van der Waals surface area contributed by atoms with E-state index >= 15 is 0 Å². The molecule has 0 atom stereocenters. The smallest absolute Gasteiger partial charge is 0.433 e. The molecule has 5 amide bonds. The van der Waals surface area contributed by atoms with Gasteiger partial charge in [0.2, 0.25) is 5.91 Å². The molecule has 18 heteroatoms. The number of anilines is 2. The minimum atomic E-state index is -4.67. The van der Waals surface area contributed by atoms with Crippen molar-refractivity contribution >= 4 is 46.0 Å². The molecule has 0 saturated carbocycles. The number of urea groups is 1. The first-order valence-corrected chi connectivity index (χ1v) is 19.8. The van der Waals surface area contributed by atoms with Crippen molar-refractivity contribution in [2.75, 3.05) is 83.3 Å². The number of imide groups is 1. The zero-order chi connectivity index (χ0) is 41.5. The van der Waals surface area contributed by atoms with E-state index in [1.807, 2.05) is 15.8 Å².